The summed E-state index contributed by atoms with van der Waals surface area (Å²) in [5.74, 6) is 0. The van der Waals surface area contributed by atoms with Gasteiger partial charge in [0.15, 0.2) is 0 Å². The van der Waals surface area contributed by atoms with E-state index in [2.05, 4.69) is 0 Å². The van der Waals surface area contributed by atoms with Gasteiger partial charge in [-0.05, 0) is 10.8 Å². The van der Waals surface area contributed by atoms with Crippen LogP contribution in [0.5, 0.6) is 0 Å². The molecule has 1 heterocycles. The normalized spacial score (nSPS) is 5.00. The molecule has 0 amide bonds. The van der Waals surface area contributed by atoms with Crippen LogP contribution in [0.25, 0.3) is 0 Å². The Morgan fingerprint density at radius 2 is 1.12 bits per heavy atom. The van der Waals surface area contributed by atoms with Gasteiger partial charge in [0.1, 0.15) is 0 Å². The second-order valence-corrected chi connectivity index (χ2v) is 1.61. The van der Waals surface area contributed by atoms with Gasteiger partial charge in [-0.25, -0.2) is 0 Å². The van der Waals surface area contributed by atoms with Crippen LogP contribution >= 0.6 is 48.6 Å². The van der Waals surface area contributed by atoms with Crippen LogP contribution in [-0.2, 0) is 0 Å². The van der Waals surface area contributed by atoms with Crippen LogP contribution in [0.1, 0.15) is 0 Å². The Labute approximate surface area is 71.5 Å². The van der Waals surface area contributed by atoms with Crippen molar-refractivity contribution in [1.29, 1.82) is 0 Å². The topological polar surface area (TPSA) is 0 Å². The summed E-state index contributed by atoms with van der Waals surface area (Å²) in [6.45, 7) is 0. The highest BCUT2D eigenvalue weighted by atomic mass is 35.5. The molecule has 0 aliphatic rings. The molecule has 0 saturated carbocycles. The van der Waals surface area contributed by atoms with Gasteiger partial charge in [-0.3, -0.25) is 0 Å². The molecular formula is C4H7Cl3S. The quantitative estimate of drug-likeness (QED) is 0.594. The molecule has 8 heavy (non-hydrogen) atoms. The van der Waals surface area contributed by atoms with Crippen molar-refractivity contribution >= 4 is 48.6 Å². The molecule has 1 aromatic rings. The molecule has 0 saturated heterocycles. The molecule has 0 radical (unpaired) electrons. The summed E-state index contributed by atoms with van der Waals surface area (Å²) in [7, 11) is 0. The highest BCUT2D eigenvalue weighted by Crippen LogP contribution is 1.91. The zero-order chi connectivity index (χ0) is 3.54. The predicted molar refractivity (Wildman–Crippen MR) is 46.1 cm³/mol. The van der Waals surface area contributed by atoms with Gasteiger partial charge in [-0.15, -0.1) is 37.2 Å². The minimum Gasteiger partial charge on any atom is -0.152 e. The average Bonchev–Trinajstić information content (AvgIpc) is 1.76. The van der Waals surface area contributed by atoms with Crippen LogP contribution in [0, 0.1) is 0 Å². The molecule has 0 bridgehead atoms. The minimum atomic E-state index is 0. The molecule has 0 unspecified atom stereocenters. The van der Waals surface area contributed by atoms with Crippen molar-refractivity contribution in [3.05, 3.63) is 22.9 Å². The molecule has 0 aliphatic heterocycles. The lowest BCUT2D eigenvalue weighted by molar-refractivity contribution is 2.03. The van der Waals surface area contributed by atoms with Gasteiger partial charge in [-0.1, -0.05) is 12.1 Å². The fraction of sp³-hybridized carbons (Fsp3) is 0. The van der Waals surface area contributed by atoms with E-state index in [4.69, 9.17) is 0 Å². The Bertz CT molecular complexity index is 67.8. The van der Waals surface area contributed by atoms with Gasteiger partial charge >= 0.3 is 0 Å². The van der Waals surface area contributed by atoms with E-state index in [-0.39, 0.29) is 37.2 Å². The maximum absolute atomic E-state index is 2.04. The first-order valence-electron chi connectivity index (χ1n) is 1.47. The van der Waals surface area contributed by atoms with Gasteiger partial charge in [0.05, 0.1) is 0 Å². The summed E-state index contributed by atoms with van der Waals surface area (Å²) in [6.07, 6.45) is 0. The first-order valence-corrected chi connectivity index (χ1v) is 2.41. The largest absolute Gasteiger partial charge is 0.152 e. The van der Waals surface area contributed by atoms with Crippen molar-refractivity contribution < 1.29 is 0 Å². The van der Waals surface area contributed by atoms with E-state index in [0.29, 0.717) is 0 Å². The summed E-state index contributed by atoms with van der Waals surface area (Å²) < 4.78 is 0. The molecule has 1 rings (SSSR count). The van der Waals surface area contributed by atoms with E-state index >= 15 is 0 Å². The van der Waals surface area contributed by atoms with Gasteiger partial charge in [0.25, 0.3) is 0 Å². The third-order valence-electron chi connectivity index (χ3n) is 0.425. The zero-order valence-electron chi connectivity index (χ0n) is 3.94. The Morgan fingerprint density at radius 1 is 0.750 bits per heavy atom. The zero-order valence-corrected chi connectivity index (χ0v) is 7.21. The Hall–Kier alpha value is 0.570. The maximum Gasteiger partial charge on any atom is -0.00934 e. The minimum absolute atomic E-state index is 0. The van der Waals surface area contributed by atoms with Crippen molar-refractivity contribution in [2.24, 2.45) is 0 Å². The van der Waals surface area contributed by atoms with Crippen LogP contribution < -0.4 is 0 Å². The number of rotatable bonds is 0. The molecule has 0 fully saturated rings. The lowest BCUT2D eigenvalue weighted by Gasteiger charge is -1.39. The van der Waals surface area contributed by atoms with Crippen LogP contribution in [-0.4, -0.2) is 0 Å². The molecule has 0 nitrogen and oxygen atoms in total. The monoisotopic (exact) mass is 192 g/mol. The van der Waals surface area contributed by atoms with Gasteiger partial charge in [-0.2, -0.15) is 11.3 Å². The van der Waals surface area contributed by atoms with Crippen LogP contribution in [0.4, 0.5) is 0 Å². The highest BCUT2D eigenvalue weighted by molar-refractivity contribution is 7.07. The lowest BCUT2D eigenvalue weighted by atomic mass is 10.7. The summed E-state index contributed by atoms with van der Waals surface area (Å²) >= 11 is 1.71. The van der Waals surface area contributed by atoms with E-state index in [1.807, 2.05) is 22.9 Å². The SMILES string of the molecule is Cl.Cl.Cl.c1ccsc1. The molecule has 0 spiro atoms. The second kappa shape index (κ2) is 10.5. The Kier molecular flexibility index (Phi) is 20.8. The molecule has 0 N–H and O–H groups in total. The fourth-order valence-electron chi connectivity index (χ4n) is 0.227. The van der Waals surface area contributed by atoms with E-state index < -0.39 is 0 Å². The van der Waals surface area contributed by atoms with Crippen LogP contribution in [0.3, 0.4) is 0 Å². The van der Waals surface area contributed by atoms with Crippen molar-refractivity contribution in [2.75, 3.05) is 0 Å². The van der Waals surface area contributed by atoms with Gasteiger partial charge in [0, 0.05) is 0 Å². The average molecular weight is 194 g/mol. The molecule has 0 aliphatic carbocycles. The maximum atomic E-state index is 2.04. The van der Waals surface area contributed by atoms with Crippen molar-refractivity contribution in [3.8, 4) is 0 Å². The van der Waals surface area contributed by atoms with E-state index in [1.165, 1.54) is 0 Å². The smallest absolute Gasteiger partial charge is 0.00934 e. The van der Waals surface area contributed by atoms with E-state index in [1.54, 1.807) is 11.3 Å². The summed E-state index contributed by atoms with van der Waals surface area (Å²) in [5, 5.41) is 4.08. The Morgan fingerprint density at radius 3 is 1.25 bits per heavy atom. The van der Waals surface area contributed by atoms with E-state index in [9.17, 15) is 0 Å². The van der Waals surface area contributed by atoms with Crippen LogP contribution in [0.15, 0.2) is 22.9 Å². The third-order valence-corrected chi connectivity index (χ3v) is 1.05. The lowest BCUT2D eigenvalue weighted by Crippen LogP contribution is -1.16. The van der Waals surface area contributed by atoms with Gasteiger partial charge in [0.2, 0.25) is 0 Å². The Balaban J connectivity index is -0.0000000833. The third kappa shape index (κ3) is 6.57. The summed E-state index contributed by atoms with van der Waals surface area (Å²) in [5.41, 5.74) is 0. The number of hydrogen-bond donors (Lipinski definition) is 0. The molecule has 0 atom stereocenters. The molecule has 0 aromatic carbocycles. The molecule has 4 heteroatoms. The first-order chi connectivity index (χ1) is 2.50. The molecule has 50 valence electrons. The van der Waals surface area contributed by atoms with Crippen LogP contribution in [0.2, 0.25) is 0 Å². The van der Waals surface area contributed by atoms with Crippen molar-refractivity contribution in [1.82, 2.24) is 0 Å². The van der Waals surface area contributed by atoms with E-state index in [0.717, 1.165) is 0 Å². The molecule has 1 aromatic heterocycles. The predicted octanol–water partition coefficient (Wildman–Crippen LogP) is 3.01. The van der Waals surface area contributed by atoms with Crippen molar-refractivity contribution in [3.63, 3.8) is 0 Å². The highest BCUT2D eigenvalue weighted by Gasteiger charge is 1.58. The number of halogens is 3. The number of thiophene rings is 1. The summed E-state index contributed by atoms with van der Waals surface area (Å²) in [4.78, 5) is 0. The van der Waals surface area contributed by atoms with Gasteiger partial charge < -0.3 is 0 Å². The summed E-state index contributed by atoms with van der Waals surface area (Å²) in [6, 6.07) is 4.04. The first kappa shape index (κ1) is 15.8. The number of hydrogen-bond acceptors (Lipinski definition) is 1. The fourth-order valence-corrected chi connectivity index (χ4v) is 0.680. The standard InChI is InChI=1S/C4H4S.3ClH/c1-2-4-5-3-1;;;/h1-4H;3*1H. The molecular weight excluding hydrogens is 186 g/mol. The second-order valence-electron chi connectivity index (χ2n) is 0.793. The van der Waals surface area contributed by atoms with Crippen molar-refractivity contribution in [2.45, 2.75) is 0 Å².